The highest BCUT2D eigenvalue weighted by atomic mass is 32.2. The molecule has 0 aliphatic heterocycles. The third-order valence-corrected chi connectivity index (χ3v) is 2.61. The van der Waals surface area contributed by atoms with Crippen LogP contribution in [-0.4, -0.2) is 20.0 Å². The van der Waals surface area contributed by atoms with E-state index in [1.54, 1.807) is 0 Å². The molecule has 0 aromatic heterocycles. The molecule has 0 saturated carbocycles. The van der Waals surface area contributed by atoms with Gasteiger partial charge in [-0.3, -0.25) is 0 Å². The largest absolute Gasteiger partial charge is 0.593 e. The third kappa shape index (κ3) is 4.42. The summed E-state index contributed by atoms with van der Waals surface area (Å²) >= 11 is 0. The van der Waals surface area contributed by atoms with Crippen molar-refractivity contribution in [2.24, 2.45) is 0 Å². The Labute approximate surface area is 66.4 Å². The lowest BCUT2D eigenvalue weighted by Gasteiger charge is -2.13. The van der Waals surface area contributed by atoms with E-state index >= 15 is 0 Å². The van der Waals surface area contributed by atoms with Crippen LogP contribution in [0.15, 0.2) is 0 Å². The summed E-state index contributed by atoms with van der Waals surface area (Å²) < 4.78 is 35.5. The Bertz CT molecular complexity index is 254. The van der Waals surface area contributed by atoms with Gasteiger partial charge in [0.1, 0.15) is 0 Å². The van der Waals surface area contributed by atoms with Crippen LogP contribution in [-0.2, 0) is 18.9 Å². The molecule has 0 aliphatic rings. The maximum atomic E-state index is 10.5. The minimum Gasteiger partial charge on any atom is -0.593 e. The number of rotatable bonds is 3. The van der Waals surface area contributed by atoms with Crippen molar-refractivity contribution >= 4 is 18.1 Å². The smallest absolute Gasteiger partial charge is 0.345 e. The fraction of sp³-hybridized carbons (Fsp3) is 1.00. The zero-order valence-corrected chi connectivity index (χ0v) is 8.11. The maximum Gasteiger partial charge on any atom is 0.345 e. The van der Waals surface area contributed by atoms with E-state index in [-0.39, 0.29) is 0 Å². The van der Waals surface area contributed by atoms with Gasteiger partial charge >= 0.3 is 8.03 Å². The summed E-state index contributed by atoms with van der Waals surface area (Å²) in [5, 5.41) is -1.65. The summed E-state index contributed by atoms with van der Waals surface area (Å²) in [6.07, 6.45) is 0.799. The first-order valence-electron chi connectivity index (χ1n) is 2.70. The molecule has 0 spiro atoms. The van der Waals surface area contributed by atoms with Gasteiger partial charge in [0.25, 0.3) is 15.5 Å². The average Bonchev–Trinajstić information content (AvgIpc) is 1.56. The molecule has 0 bridgehead atoms. The van der Waals surface area contributed by atoms with Crippen LogP contribution < -0.4 is 4.89 Å². The molecule has 0 N–H and O–H groups in total. The summed E-state index contributed by atoms with van der Waals surface area (Å²) in [6.45, 7) is 2.33. The Hall–Kier alpha value is -0.0300. The van der Waals surface area contributed by atoms with Crippen LogP contribution in [0.4, 0.5) is 0 Å². The van der Waals surface area contributed by atoms with Crippen molar-refractivity contribution in [3.63, 3.8) is 0 Å². The van der Waals surface area contributed by atoms with Crippen molar-refractivity contribution in [3.05, 3.63) is 0 Å². The molecular formula is C4H9O5PS. The van der Waals surface area contributed by atoms with Gasteiger partial charge in [0.05, 0.1) is 6.26 Å². The first kappa shape index (κ1) is 11.0. The third-order valence-electron chi connectivity index (χ3n) is 0.795. The first-order valence-corrected chi connectivity index (χ1v) is 5.70. The molecule has 7 heteroatoms. The lowest BCUT2D eigenvalue weighted by atomic mass is 10.5. The molecule has 1 unspecified atom stereocenters. The van der Waals surface area contributed by atoms with Crippen LogP contribution in [0.2, 0.25) is 0 Å². The van der Waals surface area contributed by atoms with Crippen molar-refractivity contribution in [3.8, 4) is 0 Å². The first-order chi connectivity index (χ1) is 4.65. The summed E-state index contributed by atoms with van der Waals surface area (Å²) in [6, 6.07) is 0. The quantitative estimate of drug-likeness (QED) is 0.465. The molecule has 66 valence electrons. The topological polar surface area (TPSA) is 83.5 Å². The van der Waals surface area contributed by atoms with Gasteiger partial charge in [0, 0.05) is 13.8 Å². The predicted octanol–water partition coefficient (Wildman–Crippen LogP) is -0.199. The maximum absolute atomic E-state index is 10.5. The molecule has 0 radical (unpaired) electrons. The van der Waals surface area contributed by atoms with Crippen LogP contribution in [0, 0.1) is 0 Å². The lowest BCUT2D eigenvalue weighted by Crippen LogP contribution is -2.26. The molecule has 0 fully saturated rings. The van der Waals surface area contributed by atoms with Crippen molar-refractivity contribution < 1.29 is 22.1 Å². The minimum absolute atomic E-state index is 0.799. The Balaban J connectivity index is 4.51. The van der Waals surface area contributed by atoms with Crippen LogP contribution in [0.25, 0.3) is 0 Å². The van der Waals surface area contributed by atoms with E-state index in [1.807, 2.05) is 0 Å². The van der Waals surface area contributed by atoms with E-state index in [4.69, 9.17) is 0 Å². The summed E-state index contributed by atoms with van der Waals surface area (Å²) in [7, 11) is -6.62. The molecule has 5 nitrogen and oxygen atoms in total. The molecular weight excluding hydrogens is 191 g/mol. The Kier molecular flexibility index (Phi) is 3.14. The fourth-order valence-electron chi connectivity index (χ4n) is 0.401. The molecule has 0 aromatic rings. The van der Waals surface area contributed by atoms with E-state index in [0.29, 0.717) is 0 Å². The van der Waals surface area contributed by atoms with E-state index in [2.05, 4.69) is 4.18 Å². The van der Waals surface area contributed by atoms with Crippen LogP contribution in [0.1, 0.15) is 13.8 Å². The SMILES string of the molecule is CC(C)(OS(C)(=O)=O)[P+](=O)[O-]. The van der Waals surface area contributed by atoms with Gasteiger partial charge in [-0.15, -0.1) is 0 Å². The number of hydrogen-bond acceptors (Lipinski definition) is 5. The molecule has 1 atom stereocenters. The zero-order valence-electron chi connectivity index (χ0n) is 6.40. The van der Waals surface area contributed by atoms with Gasteiger partial charge in [-0.25, -0.2) is 4.18 Å². The van der Waals surface area contributed by atoms with Gasteiger partial charge in [-0.05, 0) is 0 Å². The fourth-order valence-corrected chi connectivity index (χ4v) is 1.79. The highest BCUT2D eigenvalue weighted by Crippen LogP contribution is 2.32. The molecule has 0 aliphatic carbocycles. The highest BCUT2D eigenvalue weighted by Gasteiger charge is 2.37. The second-order valence-corrected chi connectivity index (χ2v) is 5.66. The summed E-state index contributed by atoms with van der Waals surface area (Å²) in [5.74, 6) is 0. The summed E-state index contributed by atoms with van der Waals surface area (Å²) in [4.78, 5) is 10.3. The molecule has 0 heterocycles. The molecule has 0 saturated heterocycles. The Morgan fingerprint density at radius 1 is 1.45 bits per heavy atom. The minimum atomic E-state index is -3.71. The molecule has 0 amide bonds. The number of hydrogen-bond donors (Lipinski definition) is 0. The van der Waals surface area contributed by atoms with E-state index in [1.165, 1.54) is 13.8 Å². The Morgan fingerprint density at radius 3 is 1.91 bits per heavy atom. The van der Waals surface area contributed by atoms with Gasteiger partial charge in [0.15, 0.2) is 0 Å². The second-order valence-electron chi connectivity index (χ2n) is 2.49. The second kappa shape index (κ2) is 3.15. The van der Waals surface area contributed by atoms with Crippen LogP contribution in [0.3, 0.4) is 0 Å². The van der Waals surface area contributed by atoms with Gasteiger partial charge in [-0.2, -0.15) is 8.42 Å². The standard InChI is InChI=1S/C4H9O5PS/c1-4(2,10(5)6)9-11(3,7)8/h1-3H3. The molecule has 0 aromatic carbocycles. The van der Waals surface area contributed by atoms with Crippen LogP contribution in [0.5, 0.6) is 0 Å². The van der Waals surface area contributed by atoms with Gasteiger partial charge in [-0.1, -0.05) is 4.57 Å². The zero-order chi connectivity index (χ0) is 9.28. The van der Waals surface area contributed by atoms with E-state index in [9.17, 15) is 17.9 Å². The lowest BCUT2D eigenvalue weighted by molar-refractivity contribution is -0.175. The van der Waals surface area contributed by atoms with E-state index in [0.717, 1.165) is 6.26 Å². The highest BCUT2D eigenvalue weighted by molar-refractivity contribution is 7.86. The van der Waals surface area contributed by atoms with Gasteiger partial charge in [0.2, 0.25) is 0 Å². The van der Waals surface area contributed by atoms with Crippen molar-refractivity contribution in [1.29, 1.82) is 0 Å². The summed E-state index contributed by atoms with van der Waals surface area (Å²) in [5.41, 5.74) is 0. The normalized spacial score (nSPS) is 14.7. The van der Waals surface area contributed by atoms with Crippen molar-refractivity contribution in [2.75, 3.05) is 6.26 Å². The Morgan fingerprint density at radius 2 is 1.82 bits per heavy atom. The molecule has 11 heavy (non-hydrogen) atoms. The van der Waals surface area contributed by atoms with Gasteiger partial charge < -0.3 is 4.89 Å². The monoisotopic (exact) mass is 200 g/mol. The van der Waals surface area contributed by atoms with Crippen molar-refractivity contribution in [2.45, 2.75) is 19.2 Å². The predicted molar refractivity (Wildman–Crippen MR) is 37.6 cm³/mol. The van der Waals surface area contributed by atoms with Crippen LogP contribution >= 0.6 is 8.03 Å². The van der Waals surface area contributed by atoms with Crippen molar-refractivity contribution in [1.82, 2.24) is 0 Å². The van der Waals surface area contributed by atoms with E-state index < -0.39 is 23.5 Å². The molecule has 0 rings (SSSR count). The average molecular weight is 200 g/mol.